The van der Waals surface area contributed by atoms with E-state index in [9.17, 15) is 9.59 Å². The molecule has 0 fully saturated rings. The summed E-state index contributed by atoms with van der Waals surface area (Å²) in [5.41, 5.74) is 1.84. The van der Waals surface area contributed by atoms with Crippen LogP contribution in [0.2, 0.25) is 0 Å². The van der Waals surface area contributed by atoms with Crippen molar-refractivity contribution in [3.8, 4) is 0 Å². The van der Waals surface area contributed by atoms with Gasteiger partial charge >= 0.3 is 5.69 Å². The fourth-order valence-electron chi connectivity index (χ4n) is 1.37. The van der Waals surface area contributed by atoms with Crippen molar-refractivity contribution in [2.75, 3.05) is 0 Å². The van der Waals surface area contributed by atoms with E-state index in [0.717, 1.165) is 0 Å². The zero-order chi connectivity index (χ0) is 13.0. The van der Waals surface area contributed by atoms with Gasteiger partial charge in [-0.1, -0.05) is 18.7 Å². The highest BCUT2D eigenvalue weighted by atomic mass is 32.2. The second kappa shape index (κ2) is 5.87. The summed E-state index contributed by atoms with van der Waals surface area (Å²) in [7, 11) is 0. The van der Waals surface area contributed by atoms with Crippen molar-refractivity contribution in [1.29, 1.82) is 0 Å². The van der Waals surface area contributed by atoms with Crippen LogP contribution in [0.3, 0.4) is 0 Å². The molecule has 0 aliphatic heterocycles. The summed E-state index contributed by atoms with van der Waals surface area (Å²) in [5, 5.41) is 6.92. The van der Waals surface area contributed by atoms with Crippen molar-refractivity contribution >= 4 is 17.7 Å². The van der Waals surface area contributed by atoms with Gasteiger partial charge in [0.25, 0.3) is 0 Å². The summed E-state index contributed by atoms with van der Waals surface area (Å²) in [5.74, 6) is 4.77. The number of hydrogen-bond donors (Lipinski definition) is 3. The minimum absolute atomic E-state index is 0.00810. The Morgan fingerprint density at radius 1 is 1.59 bits per heavy atom. The molecule has 1 aromatic heterocycles. The molecule has 0 saturated heterocycles. The van der Waals surface area contributed by atoms with Crippen LogP contribution in [0.4, 0.5) is 0 Å². The first-order chi connectivity index (χ1) is 7.95. The number of nitrogens with one attached hydrogen (secondary N) is 2. The fraction of sp³-hybridized carbons (Fsp3) is 0.667. The molecule has 8 heteroatoms. The van der Waals surface area contributed by atoms with Crippen LogP contribution in [0, 0.1) is 0 Å². The molecule has 0 aliphatic carbocycles. The molecular formula is C9H17N5O2S. The number of carbonyl (C=O) groups is 1. The van der Waals surface area contributed by atoms with Gasteiger partial charge in [0.1, 0.15) is 0 Å². The maximum Gasteiger partial charge on any atom is 0.344 e. The Balaban J connectivity index is 2.75. The number of rotatable bonds is 5. The molecule has 0 bridgehead atoms. The Bertz CT molecular complexity index is 439. The standard InChI is InChI=1S/C9H17N5O2S/c1-5(2)14-8(16)12-13-9(14)17-6(3)4-7(15)11-10/h5-6H,4,10H2,1-3H3,(H,11,15)(H,12,16). The number of amides is 1. The van der Waals surface area contributed by atoms with Crippen LogP contribution in [0.1, 0.15) is 33.2 Å². The summed E-state index contributed by atoms with van der Waals surface area (Å²) in [6.45, 7) is 5.68. The summed E-state index contributed by atoms with van der Waals surface area (Å²) in [6, 6.07) is 0.0271. The molecule has 1 heterocycles. The highest BCUT2D eigenvalue weighted by Crippen LogP contribution is 2.23. The van der Waals surface area contributed by atoms with Gasteiger partial charge in [0, 0.05) is 17.7 Å². The molecule has 1 rings (SSSR count). The van der Waals surface area contributed by atoms with Crippen molar-refractivity contribution in [2.45, 2.75) is 43.6 Å². The molecule has 17 heavy (non-hydrogen) atoms. The van der Waals surface area contributed by atoms with E-state index in [2.05, 4.69) is 15.6 Å². The quantitative estimate of drug-likeness (QED) is 0.299. The van der Waals surface area contributed by atoms with Crippen LogP contribution in [-0.4, -0.2) is 25.9 Å². The van der Waals surface area contributed by atoms with E-state index in [1.54, 1.807) is 4.57 Å². The van der Waals surface area contributed by atoms with Crippen LogP contribution >= 0.6 is 11.8 Å². The van der Waals surface area contributed by atoms with Crippen molar-refractivity contribution in [2.24, 2.45) is 5.84 Å². The smallest absolute Gasteiger partial charge is 0.294 e. The zero-order valence-electron chi connectivity index (χ0n) is 10.1. The van der Waals surface area contributed by atoms with E-state index >= 15 is 0 Å². The highest BCUT2D eigenvalue weighted by molar-refractivity contribution is 7.99. The maximum absolute atomic E-state index is 11.5. The lowest BCUT2D eigenvalue weighted by atomic mass is 10.3. The molecule has 1 unspecified atom stereocenters. The molecule has 96 valence electrons. The van der Waals surface area contributed by atoms with Crippen LogP contribution in [-0.2, 0) is 4.79 Å². The average molecular weight is 259 g/mol. The van der Waals surface area contributed by atoms with Crippen molar-refractivity contribution < 1.29 is 4.79 Å². The van der Waals surface area contributed by atoms with E-state index in [4.69, 9.17) is 5.84 Å². The van der Waals surface area contributed by atoms with Crippen molar-refractivity contribution in [3.05, 3.63) is 10.5 Å². The fourth-order valence-corrected chi connectivity index (χ4v) is 2.47. The predicted octanol–water partition coefficient (Wildman–Crippen LogP) is 0.0129. The van der Waals surface area contributed by atoms with Crippen LogP contribution in [0.15, 0.2) is 9.95 Å². The number of H-pyrrole nitrogens is 1. The largest absolute Gasteiger partial charge is 0.344 e. The lowest BCUT2D eigenvalue weighted by molar-refractivity contribution is -0.121. The summed E-state index contributed by atoms with van der Waals surface area (Å²) in [4.78, 5) is 22.6. The van der Waals surface area contributed by atoms with E-state index in [1.165, 1.54) is 11.8 Å². The number of carbonyl (C=O) groups excluding carboxylic acids is 1. The van der Waals surface area contributed by atoms with Gasteiger partial charge in [0.2, 0.25) is 5.91 Å². The SMILES string of the molecule is CC(CC(=O)NN)Sc1n[nH]c(=O)n1C(C)C. The monoisotopic (exact) mass is 259 g/mol. The third-order valence-corrected chi connectivity index (χ3v) is 3.20. The molecule has 0 spiro atoms. The van der Waals surface area contributed by atoms with Crippen molar-refractivity contribution in [3.63, 3.8) is 0 Å². The molecule has 0 saturated carbocycles. The Morgan fingerprint density at radius 3 is 2.76 bits per heavy atom. The van der Waals surface area contributed by atoms with Gasteiger partial charge in [0.15, 0.2) is 5.16 Å². The van der Waals surface area contributed by atoms with Gasteiger partial charge in [-0.15, -0.1) is 5.10 Å². The molecule has 1 atom stereocenters. The minimum Gasteiger partial charge on any atom is -0.294 e. The van der Waals surface area contributed by atoms with E-state index < -0.39 is 0 Å². The Kier molecular flexibility index (Phi) is 4.76. The Morgan fingerprint density at radius 2 is 2.24 bits per heavy atom. The van der Waals surface area contributed by atoms with E-state index in [0.29, 0.717) is 5.16 Å². The normalized spacial score (nSPS) is 12.8. The topological polar surface area (TPSA) is 106 Å². The second-order valence-corrected chi connectivity index (χ2v) is 5.38. The van der Waals surface area contributed by atoms with Gasteiger partial charge in [-0.05, 0) is 13.8 Å². The van der Waals surface area contributed by atoms with Crippen LogP contribution < -0.4 is 17.0 Å². The third kappa shape index (κ3) is 3.60. The average Bonchev–Trinajstić information content (AvgIpc) is 2.59. The predicted molar refractivity (Wildman–Crippen MR) is 65.5 cm³/mol. The molecule has 1 aromatic rings. The van der Waals surface area contributed by atoms with Gasteiger partial charge in [-0.3, -0.25) is 14.8 Å². The molecule has 0 radical (unpaired) electrons. The first-order valence-corrected chi connectivity index (χ1v) is 6.16. The van der Waals surface area contributed by atoms with Gasteiger partial charge < -0.3 is 0 Å². The molecule has 1 amide bonds. The van der Waals surface area contributed by atoms with Crippen LogP contribution in [0.5, 0.6) is 0 Å². The zero-order valence-corrected chi connectivity index (χ0v) is 10.9. The van der Waals surface area contributed by atoms with Gasteiger partial charge in [0.05, 0.1) is 0 Å². The first-order valence-electron chi connectivity index (χ1n) is 5.28. The molecular weight excluding hydrogens is 242 g/mol. The lowest BCUT2D eigenvalue weighted by Crippen LogP contribution is -2.31. The Hall–Kier alpha value is -1.28. The Labute approximate surface area is 103 Å². The molecule has 0 aromatic carbocycles. The number of aromatic amines is 1. The number of thioether (sulfide) groups is 1. The maximum atomic E-state index is 11.5. The summed E-state index contributed by atoms with van der Waals surface area (Å²) in [6.07, 6.45) is 0.278. The van der Waals surface area contributed by atoms with E-state index in [1.807, 2.05) is 20.8 Å². The molecule has 0 aliphatic rings. The van der Waals surface area contributed by atoms with Gasteiger partial charge in [-0.2, -0.15) is 0 Å². The van der Waals surface area contributed by atoms with Gasteiger partial charge in [-0.25, -0.2) is 15.7 Å². The lowest BCUT2D eigenvalue weighted by Gasteiger charge is -2.12. The van der Waals surface area contributed by atoms with E-state index in [-0.39, 0.29) is 29.3 Å². The molecule has 7 nitrogen and oxygen atoms in total. The first kappa shape index (κ1) is 13.8. The number of nitrogens with zero attached hydrogens (tertiary/aromatic N) is 2. The third-order valence-electron chi connectivity index (χ3n) is 2.13. The summed E-state index contributed by atoms with van der Waals surface area (Å²) < 4.78 is 1.56. The van der Waals surface area contributed by atoms with Crippen molar-refractivity contribution in [1.82, 2.24) is 20.2 Å². The number of nitrogens with two attached hydrogens (primary N) is 1. The number of aromatic nitrogens is 3. The number of hydrogen-bond acceptors (Lipinski definition) is 5. The second-order valence-electron chi connectivity index (χ2n) is 3.98. The molecule has 4 N–H and O–H groups in total. The van der Waals surface area contributed by atoms with Crippen LogP contribution in [0.25, 0.3) is 0 Å². The highest BCUT2D eigenvalue weighted by Gasteiger charge is 2.16. The summed E-state index contributed by atoms with van der Waals surface area (Å²) >= 11 is 1.37. The number of hydrazine groups is 1. The minimum atomic E-state index is -0.238.